The average Bonchev–Trinajstić information content (AvgIpc) is 2.58. The van der Waals surface area contributed by atoms with Gasteiger partial charge >= 0.3 is 0 Å². The van der Waals surface area contributed by atoms with E-state index >= 15 is 0 Å². The average molecular weight is 341 g/mol. The molecule has 0 saturated carbocycles. The largest absolute Gasteiger partial charge is 0.330 e. The highest BCUT2D eigenvalue weighted by Crippen LogP contribution is 2.21. The summed E-state index contributed by atoms with van der Waals surface area (Å²) < 4.78 is 0. The molecule has 24 heavy (non-hydrogen) atoms. The lowest BCUT2D eigenvalue weighted by Crippen LogP contribution is -1.99. The molecule has 0 amide bonds. The Morgan fingerprint density at radius 2 is 0.667 bits per heavy atom. The number of rotatable bonds is 19. The molecule has 0 fully saturated rings. The Morgan fingerprint density at radius 3 is 1.00 bits per heavy atom. The van der Waals surface area contributed by atoms with Crippen LogP contribution >= 0.6 is 0 Å². The molecule has 146 valence electrons. The quantitative estimate of drug-likeness (QED) is 0.267. The number of hydrogen-bond donors (Lipinski definition) is 2. The van der Waals surface area contributed by atoms with Gasteiger partial charge in [-0.05, 0) is 37.8 Å². The van der Waals surface area contributed by atoms with Gasteiger partial charge in [0.05, 0.1) is 0 Å². The molecule has 4 N–H and O–H groups in total. The molecule has 2 atom stereocenters. The summed E-state index contributed by atoms with van der Waals surface area (Å²) in [5, 5.41) is 0. The number of hydrogen-bond acceptors (Lipinski definition) is 2. The molecule has 0 aliphatic carbocycles. The summed E-state index contributed by atoms with van der Waals surface area (Å²) in [4.78, 5) is 0. The maximum Gasteiger partial charge on any atom is -0.00773 e. The van der Waals surface area contributed by atoms with Crippen LogP contribution in [0.1, 0.15) is 117 Å². The Labute approximate surface area is 153 Å². The Morgan fingerprint density at radius 1 is 0.417 bits per heavy atom. The Hall–Kier alpha value is -0.0800. The van der Waals surface area contributed by atoms with E-state index in [1.54, 1.807) is 0 Å². The van der Waals surface area contributed by atoms with E-state index in [4.69, 9.17) is 11.5 Å². The third-order valence-corrected chi connectivity index (χ3v) is 5.45. The second-order valence-electron chi connectivity index (χ2n) is 8.19. The van der Waals surface area contributed by atoms with Crippen molar-refractivity contribution in [2.24, 2.45) is 23.3 Å². The number of unbranched alkanes of at least 4 members (excludes halogenated alkanes) is 9. The predicted octanol–water partition coefficient (Wildman–Crippen LogP) is 6.42. The van der Waals surface area contributed by atoms with Crippen molar-refractivity contribution >= 4 is 0 Å². The van der Waals surface area contributed by atoms with Gasteiger partial charge in [0.1, 0.15) is 0 Å². The minimum Gasteiger partial charge on any atom is -0.330 e. The topological polar surface area (TPSA) is 52.0 Å². The van der Waals surface area contributed by atoms with Crippen molar-refractivity contribution in [2.45, 2.75) is 117 Å². The fourth-order valence-electron chi connectivity index (χ4n) is 3.61. The highest BCUT2D eigenvalue weighted by molar-refractivity contribution is 4.59. The first kappa shape index (κ1) is 23.9. The van der Waals surface area contributed by atoms with E-state index in [-0.39, 0.29) is 0 Å². The molecule has 0 rings (SSSR count). The highest BCUT2D eigenvalue weighted by Gasteiger charge is 2.05. The summed E-state index contributed by atoms with van der Waals surface area (Å²) in [5.41, 5.74) is 11.1. The highest BCUT2D eigenvalue weighted by atomic mass is 14.5. The smallest absolute Gasteiger partial charge is 0.00773 e. The third kappa shape index (κ3) is 18.3. The van der Waals surface area contributed by atoms with Crippen LogP contribution in [0.5, 0.6) is 0 Å². The molecule has 0 aromatic carbocycles. The molecule has 0 aromatic rings. The van der Waals surface area contributed by atoms with Gasteiger partial charge in [-0.3, -0.25) is 0 Å². The zero-order valence-electron chi connectivity index (χ0n) is 17.0. The van der Waals surface area contributed by atoms with Crippen molar-refractivity contribution in [3.05, 3.63) is 0 Å². The monoisotopic (exact) mass is 340 g/mol. The molecule has 0 aliphatic rings. The Kier molecular flexibility index (Phi) is 19.2. The molecule has 2 nitrogen and oxygen atoms in total. The van der Waals surface area contributed by atoms with Crippen molar-refractivity contribution in [2.75, 3.05) is 13.1 Å². The number of nitrogens with two attached hydrogens (primary N) is 2. The van der Waals surface area contributed by atoms with Gasteiger partial charge < -0.3 is 11.5 Å². The van der Waals surface area contributed by atoms with E-state index < -0.39 is 0 Å². The summed E-state index contributed by atoms with van der Waals surface area (Å²) in [5.74, 6) is 1.86. The first-order valence-corrected chi connectivity index (χ1v) is 11.1. The minimum absolute atomic E-state index is 0.864. The van der Waals surface area contributed by atoms with Crippen LogP contribution in [0, 0.1) is 11.8 Å². The van der Waals surface area contributed by atoms with Crippen molar-refractivity contribution in [3.8, 4) is 0 Å². The van der Waals surface area contributed by atoms with E-state index in [1.165, 1.54) is 103 Å². The van der Waals surface area contributed by atoms with E-state index in [0.29, 0.717) is 0 Å². The SMILES string of the molecule is CC(CCCCCCCN)CCCCC(C)CCCCCCCN. The second kappa shape index (κ2) is 19.2. The Bertz CT molecular complexity index is 206. The summed E-state index contributed by atoms with van der Waals surface area (Å²) in [6, 6.07) is 0. The van der Waals surface area contributed by atoms with Gasteiger partial charge in [0.25, 0.3) is 0 Å². The molecule has 0 heterocycles. The van der Waals surface area contributed by atoms with Gasteiger partial charge in [-0.25, -0.2) is 0 Å². The summed E-state index contributed by atoms with van der Waals surface area (Å²) in [6.45, 7) is 6.63. The van der Waals surface area contributed by atoms with Crippen molar-refractivity contribution in [3.63, 3.8) is 0 Å². The molecule has 2 heteroatoms. The van der Waals surface area contributed by atoms with E-state index in [1.807, 2.05) is 0 Å². The minimum atomic E-state index is 0.864. The lowest BCUT2D eigenvalue weighted by atomic mass is 9.93. The molecule has 2 unspecified atom stereocenters. The molecule has 0 aliphatic heterocycles. The molecule has 0 radical (unpaired) electrons. The molecule has 0 saturated heterocycles. The van der Waals surface area contributed by atoms with Crippen molar-refractivity contribution in [1.82, 2.24) is 0 Å². The van der Waals surface area contributed by atoms with Gasteiger partial charge in [-0.15, -0.1) is 0 Å². The van der Waals surface area contributed by atoms with Gasteiger partial charge in [0, 0.05) is 0 Å². The van der Waals surface area contributed by atoms with Gasteiger partial charge in [-0.2, -0.15) is 0 Å². The maximum atomic E-state index is 5.53. The van der Waals surface area contributed by atoms with Crippen molar-refractivity contribution in [1.29, 1.82) is 0 Å². The van der Waals surface area contributed by atoms with Crippen LogP contribution in [0.15, 0.2) is 0 Å². The molecule has 0 bridgehead atoms. The van der Waals surface area contributed by atoms with E-state index in [9.17, 15) is 0 Å². The molecule has 0 spiro atoms. The van der Waals surface area contributed by atoms with Crippen LogP contribution in [0.3, 0.4) is 0 Å². The zero-order chi connectivity index (χ0) is 17.9. The van der Waals surface area contributed by atoms with Crippen LogP contribution in [-0.2, 0) is 0 Å². The van der Waals surface area contributed by atoms with Gasteiger partial charge in [0.2, 0.25) is 0 Å². The lowest BCUT2D eigenvalue weighted by Gasteiger charge is -2.13. The fraction of sp³-hybridized carbons (Fsp3) is 1.00. The predicted molar refractivity (Wildman–Crippen MR) is 110 cm³/mol. The zero-order valence-corrected chi connectivity index (χ0v) is 17.0. The molecule has 0 aromatic heterocycles. The van der Waals surface area contributed by atoms with Gasteiger partial charge in [-0.1, -0.05) is 104 Å². The fourth-order valence-corrected chi connectivity index (χ4v) is 3.61. The second-order valence-corrected chi connectivity index (χ2v) is 8.19. The Balaban J connectivity index is 3.28. The van der Waals surface area contributed by atoms with Crippen molar-refractivity contribution < 1.29 is 0 Å². The van der Waals surface area contributed by atoms with Crippen LogP contribution < -0.4 is 11.5 Å². The standard InChI is InChI=1S/C22H48N2/c1-21(15-9-5-3-7-13-19-23)17-11-12-18-22(2)16-10-6-4-8-14-20-24/h21-22H,3-20,23-24H2,1-2H3. The third-order valence-electron chi connectivity index (χ3n) is 5.45. The summed E-state index contributed by atoms with van der Waals surface area (Å²) >= 11 is 0. The first-order chi connectivity index (χ1) is 11.7. The summed E-state index contributed by atoms with van der Waals surface area (Å²) in [7, 11) is 0. The van der Waals surface area contributed by atoms with E-state index in [2.05, 4.69) is 13.8 Å². The van der Waals surface area contributed by atoms with Crippen LogP contribution in [0.2, 0.25) is 0 Å². The molecular formula is C22H48N2. The first-order valence-electron chi connectivity index (χ1n) is 11.1. The maximum absolute atomic E-state index is 5.53. The lowest BCUT2D eigenvalue weighted by molar-refractivity contribution is 0.401. The normalized spacial score (nSPS) is 14.0. The van der Waals surface area contributed by atoms with Gasteiger partial charge in [0.15, 0.2) is 0 Å². The molecular weight excluding hydrogens is 292 g/mol. The van der Waals surface area contributed by atoms with Crippen LogP contribution in [-0.4, -0.2) is 13.1 Å². The van der Waals surface area contributed by atoms with Crippen LogP contribution in [0.25, 0.3) is 0 Å². The summed E-state index contributed by atoms with van der Waals surface area (Å²) in [6.07, 6.45) is 22.1. The van der Waals surface area contributed by atoms with Crippen LogP contribution in [0.4, 0.5) is 0 Å². The van der Waals surface area contributed by atoms with E-state index in [0.717, 1.165) is 24.9 Å².